The lowest BCUT2D eigenvalue weighted by Gasteiger charge is -2.32. The Kier molecular flexibility index (Phi) is 6.10. The van der Waals surface area contributed by atoms with E-state index in [1.54, 1.807) is 0 Å². The molecule has 0 aromatic carbocycles. The molecule has 1 fully saturated rings. The topological polar surface area (TPSA) is 96.5 Å². The van der Waals surface area contributed by atoms with E-state index in [9.17, 15) is 0 Å². The molecule has 9 heteroatoms. The number of hydrazine groups is 1. The molecule has 9 nitrogen and oxygen atoms in total. The molecule has 0 atom stereocenters. The zero-order valence-electron chi connectivity index (χ0n) is 26.2. The molecule has 0 amide bonds. The normalized spacial score (nSPS) is 17.5. The van der Waals surface area contributed by atoms with Crippen LogP contribution in [0.3, 0.4) is 0 Å². The minimum atomic E-state index is 0.790. The number of hydrogen-bond acceptors (Lipinski definition) is 8. The molecule has 5 aliphatic rings. The Morgan fingerprint density at radius 1 is 0.429 bits per heavy atom. The molecule has 6 bridgehead atoms. The maximum atomic E-state index is 5.38. The summed E-state index contributed by atoms with van der Waals surface area (Å²) in [5, 5.41) is 2.27. The van der Waals surface area contributed by atoms with Gasteiger partial charge in [0.05, 0.1) is 45.6 Å². The molecule has 0 aliphatic carbocycles. The molecule has 5 aliphatic heterocycles. The van der Waals surface area contributed by atoms with Crippen molar-refractivity contribution in [3.8, 4) is 0 Å². The van der Waals surface area contributed by atoms with Crippen LogP contribution in [0.25, 0.3) is 22.3 Å². The fourth-order valence-electron chi connectivity index (χ4n) is 7.39. The first kappa shape index (κ1) is 27.4. The Bertz CT molecular complexity index is 2260. The van der Waals surface area contributed by atoms with Crippen molar-refractivity contribution in [3.05, 3.63) is 191 Å². The van der Waals surface area contributed by atoms with Gasteiger partial charge in [0.1, 0.15) is 0 Å². The number of nitrogens with zero attached hydrogens (tertiary/aromatic N) is 8. The van der Waals surface area contributed by atoms with Crippen molar-refractivity contribution in [2.24, 2.45) is 9.98 Å². The minimum absolute atomic E-state index is 0.790. The highest BCUT2D eigenvalue weighted by Gasteiger charge is 2.36. The molecular formula is C40H27N9. The first-order chi connectivity index (χ1) is 24.3. The Balaban J connectivity index is 1.37. The van der Waals surface area contributed by atoms with Gasteiger partial charge in [-0.25, -0.2) is 25.2 Å². The number of hydrogen-bond donors (Lipinski definition) is 1. The third kappa shape index (κ3) is 4.33. The lowest BCUT2D eigenvalue weighted by atomic mass is 9.98. The zero-order chi connectivity index (χ0) is 32.3. The van der Waals surface area contributed by atoms with Crippen molar-refractivity contribution in [2.45, 2.75) is 12.8 Å². The Labute approximate surface area is 282 Å². The molecule has 0 saturated carbocycles. The van der Waals surface area contributed by atoms with Crippen LogP contribution in [0.2, 0.25) is 0 Å². The fraction of sp³-hybridized carbons (Fsp3) is 0.0500. The lowest BCUT2D eigenvalue weighted by molar-refractivity contribution is 0.470. The highest BCUT2D eigenvalue weighted by atomic mass is 15.7. The number of nitrogens with one attached hydrogen (secondary N) is 1. The van der Waals surface area contributed by atoms with E-state index in [1.165, 1.54) is 0 Å². The summed E-state index contributed by atoms with van der Waals surface area (Å²) < 4.78 is 2.20. The van der Waals surface area contributed by atoms with Gasteiger partial charge in [-0.1, -0.05) is 0 Å². The number of allylic oxidation sites excluding steroid dienone is 8. The highest BCUT2D eigenvalue weighted by Crippen LogP contribution is 2.45. The van der Waals surface area contributed by atoms with Gasteiger partial charge in [-0.05, 0) is 120 Å². The van der Waals surface area contributed by atoms with Gasteiger partial charge >= 0.3 is 0 Å². The molecule has 49 heavy (non-hydrogen) atoms. The van der Waals surface area contributed by atoms with Crippen LogP contribution in [0.15, 0.2) is 167 Å². The van der Waals surface area contributed by atoms with Crippen molar-refractivity contribution in [1.82, 2.24) is 29.6 Å². The third-order valence-electron chi connectivity index (χ3n) is 9.49. The van der Waals surface area contributed by atoms with E-state index in [2.05, 4.69) is 95.9 Å². The van der Waals surface area contributed by atoms with E-state index in [0.29, 0.717) is 0 Å². The van der Waals surface area contributed by atoms with Crippen molar-refractivity contribution in [3.63, 3.8) is 0 Å². The van der Waals surface area contributed by atoms with Crippen molar-refractivity contribution in [1.29, 1.82) is 0 Å². The van der Waals surface area contributed by atoms with E-state index in [4.69, 9.17) is 9.98 Å². The quantitative estimate of drug-likeness (QED) is 0.229. The third-order valence-corrected chi connectivity index (χ3v) is 9.49. The molecule has 0 spiro atoms. The van der Waals surface area contributed by atoms with Gasteiger partial charge in [0, 0.05) is 71.9 Å². The summed E-state index contributed by atoms with van der Waals surface area (Å²) in [7, 11) is 0. The number of fused-ring (bicyclic) bond motifs is 2. The monoisotopic (exact) mass is 633 g/mol. The molecular weight excluding hydrogens is 607 g/mol. The van der Waals surface area contributed by atoms with Crippen molar-refractivity contribution < 1.29 is 0 Å². The number of rotatable bonds is 4. The average molecular weight is 634 g/mol. The molecule has 10 rings (SSSR count). The van der Waals surface area contributed by atoms with Crippen molar-refractivity contribution in [2.75, 3.05) is 5.53 Å². The summed E-state index contributed by atoms with van der Waals surface area (Å²) in [6.45, 7) is 0. The predicted molar refractivity (Wildman–Crippen MR) is 191 cm³/mol. The van der Waals surface area contributed by atoms with Crippen LogP contribution in [0, 0.1) is 0 Å². The molecule has 1 saturated heterocycles. The second-order valence-corrected chi connectivity index (χ2v) is 12.1. The first-order valence-corrected chi connectivity index (χ1v) is 16.2. The molecule has 0 unspecified atom stereocenters. The van der Waals surface area contributed by atoms with Gasteiger partial charge in [-0.3, -0.25) is 19.9 Å². The molecule has 10 heterocycles. The van der Waals surface area contributed by atoms with Crippen LogP contribution >= 0.6 is 0 Å². The molecule has 5 aromatic heterocycles. The maximum Gasteiger partial charge on any atom is 0.0746 e. The number of aliphatic imine (C=N–C) groups is 2. The lowest BCUT2D eigenvalue weighted by Crippen LogP contribution is -2.36. The van der Waals surface area contributed by atoms with Crippen LogP contribution in [0.1, 0.15) is 46.5 Å². The van der Waals surface area contributed by atoms with Crippen LogP contribution in [0.4, 0.5) is 0 Å². The smallest absolute Gasteiger partial charge is 0.0746 e. The summed E-state index contributed by atoms with van der Waals surface area (Å²) >= 11 is 0. The van der Waals surface area contributed by atoms with Gasteiger partial charge in [0.15, 0.2) is 0 Å². The van der Waals surface area contributed by atoms with Crippen LogP contribution in [-0.4, -0.2) is 41.0 Å². The second kappa shape index (κ2) is 10.9. The van der Waals surface area contributed by atoms with E-state index in [-0.39, 0.29) is 0 Å². The van der Waals surface area contributed by atoms with Crippen molar-refractivity contribution >= 4 is 33.7 Å². The molecule has 1 N–H and O–H groups in total. The SMILES string of the molecule is C1=CC2=C(c3ccncc3)c3ccc4n3NN3C(=C(c5ccncc5)C1=N2)CCC3=C(c1ccncc1)C1=NC(=C4c2ccncc2)C=C1. The molecule has 0 radical (unpaired) electrons. The summed E-state index contributed by atoms with van der Waals surface area (Å²) in [4.78, 5) is 28.1. The van der Waals surface area contributed by atoms with E-state index < -0.39 is 0 Å². The highest BCUT2D eigenvalue weighted by molar-refractivity contribution is 6.33. The summed E-state index contributed by atoms with van der Waals surface area (Å²) in [5.41, 5.74) is 20.0. The van der Waals surface area contributed by atoms with Crippen LogP contribution in [0.5, 0.6) is 0 Å². The van der Waals surface area contributed by atoms with Gasteiger partial charge in [-0.15, -0.1) is 0 Å². The van der Waals surface area contributed by atoms with Gasteiger partial charge in [-0.2, -0.15) is 0 Å². The van der Waals surface area contributed by atoms with Gasteiger partial charge in [0.25, 0.3) is 0 Å². The average Bonchev–Trinajstić information content (AvgIpc) is 3.98. The van der Waals surface area contributed by atoms with Crippen LogP contribution in [-0.2, 0) is 0 Å². The predicted octanol–water partition coefficient (Wildman–Crippen LogP) is 7.01. The Morgan fingerprint density at radius 3 is 1.18 bits per heavy atom. The Hall–Kier alpha value is -6.74. The van der Waals surface area contributed by atoms with Gasteiger partial charge in [0.2, 0.25) is 0 Å². The zero-order valence-corrected chi connectivity index (χ0v) is 26.2. The standard InChI is InChI=1S/C40H27N9/c1-2-30-38(26-11-19-42-20-12-26)34-7-8-36-40(28-15-23-44-24-16-28)32-4-3-31(46-32)39(27-13-21-43-22-14-27)35-6-5-33(48(35)47-49(34)36)37(29(1)45-30)25-9-17-41-18-10-25/h1-6,9-24,47H,7-8H2. The van der Waals surface area contributed by atoms with E-state index in [0.717, 1.165) is 103 Å². The summed E-state index contributed by atoms with van der Waals surface area (Å²) in [6, 6.07) is 20.8. The van der Waals surface area contributed by atoms with E-state index in [1.807, 2.05) is 73.8 Å². The second-order valence-electron chi connectivity index (χ2n) is 12.1. The molecule has 5 aromatic rings. The number of pyridine rings is 4. The number of aromatic nitrogens is 5. The van der Waals surface area contributed by atoms with Crippen LogP contribution < -0.4 is 5.53 Å². The largest absolute Gasteiger partial charge is 0.265 e. The van der Waals surface area contributed by atoms with Gasteiger partial charge < -0.3 is 0 Å². The Morgan fingerprint density at radius 2 is 0.796 bits per heavy atom. The summed E-state index contributed by atoms with van der Waals surface area (Å²) in [6.07, 6.45) is 24.8. The van der Waals surface area contributed by atoms with E-state index >= 15 is 0 Å². The maximum absolute atomic E-state index is 5.38. The molecule has 232 valence electrons. The summed E-state index contributed by atoms with van der Waals surface area (Å²) in [5.74, 6) is 0. The first-order valence-electron chi connectivity index (χ1n) is 16.2. The minimum Gasteiger partial charge on any atom is -0.265 e. The fourth-order valence-corrected chi connectivity index (χ4v) is 7.39.